The zero-order valence-electron chi connectivity index (χ0n) is 17.3. The predicted molar refractivity (Wildman–Crippen MR) is 121 cm³/mol. The number of carbonyl (C=O) groups is 1. The van der Waals surface area contributed by atoms with Gasteiger partial charge in [-0.05, 0) is 42.3 Å². The molecule has 5 nitrogen and oxygen atoms in total. The van der Waals surface area contributed by atoms with E-state index >= 15 is 0 Å². The van der Waals surface area contributed by atoms with Crippen LogP contribution >= 0.6 is 15.9 Å². The number of hydrogen-bond donors (Lipinski definition) is 0. The number of amides is 1. The Labute approximate surface area is 193 Å². The fraction of sp³-hybridized carbons (Fsp3) is 0.333. The molecule has 0 atom stereocenters. The maximum absolute atomic E-state index is 12.7. The van der Waals surface area contributed by atoms with Gasteiger partial charge in [-0.1, -0.05) is 34.1 Å². The van der Waals surface area contributed by atoms with Gasteiger partial charge in [0.15, 0.2) is 0 Å². The van der Waals surface area contributed by atoms with Crippen LogP contribution in [0.2, 0.25) is 0 Å². The van der Waals surface area contributed by atoms with E-state index in [1.165, 1.54) is 6.07 Å². The summed E-state index contributed by atoms with van der Waals surface area (Å²) in [5.41, 5.74) is 1.42. The topological polar surface area (TPSA) is 51.7 Å². The Kier molecular flexibility index (Phi) is 7.19. The monoisotopic (exact) mass is 504 g/mol. The van der Waals surface area contributed by atoms with E-state index in [9.17, 15) is 13.6 Å². The van der Waals surface area contributed by atoms with Crippen molar-refractivity contribution in [2.45, 2.75) is 38.4 Å². The zero-order valence-corrected chi connectivity index (χ0v) is 18.9. The number of likely N-dealkylation sites (tertiary alicyclic amines) is 1. The number of fused-ring (bicyclic) bond motifs is 1. The minimum absolute atomic E-state index is 0.00162. The third-order valence-corrected chi connectivity index (χ3v) is 6.02. The van der Waals surface area contributed by atoms with Crippen molar-refractivity contribution in [2.24, 2.45) is 0 Å². The molecule has 0 saturated carbocycles. The fourth-order valence-electron chi connectivity index (χ4n) is 3.93. The number of halogens is 3. The summed E-state index contributed by atoms with van der Waals surface area (Å²) >= 11 is 3.34. The molecule has 168 valence electrons. The third kappa shape index (κ3) is 5.54. The van der Waals surface area contributed by atoms with Crippen LogP contribution in [0.4, 0.5) is 8.78 Å². The van der Waals surface area contributed by atoms with Crippen LogP contribution < -0.4 is 9.47 Å². The summed E-state index contributed by atoms with van der Waals surface area (Å²) in [4.78, 5) is 18.9. The minimum atomic E-state index is -2.90. The second-order valence-corrected chi connectivity index (χ2v) is 8.58. The lowest BCUT2D eigenvalue weighted by Gasteiger charge is -2.32. The second kappa shape index (κ2) is 10.3. The molecule has 3 aromatic rings. The molecule has 1 fully saturated rings. The summed E-state index contributed by atoms with van der Waals surface area (Å²) in [6, 6.07) is 14.6. The SMILES string of the molecule is O=C(CCc1cc(Br)ccc1OC(F)F)N1CCC(Oc2cccc3cccnc23)CC1. The number of benzene rings is 2. The van der Waals surface area contributed by atoms with Crippen LogP contribution in [0.25, 0.3) is 10.9 Å². The van der Waals surface area contributed by atoms with E-state index in [1.54, 1.807) is 18.3 Å². The van der Waals surface area contributed by atoms with Crippen molar-refractivity contribution in [3.63, 3.8) is 0 Å². The Balaban J connectivity index is 1.31. The van der Waals surface area contributed by atoms with Gasteiger partial charge in [0.1, 0.15) is 23.1 Å². The molecule has 0 aliphatic carbocycles. The first-order chi connectivity index (χ1) is 15.5. The highest BCUT2D eigenvalue weighted by Gasteiger charge is 2.24. The smallest absolute Gasteiger partial charge is 0.387 e. The maximum atomic E-state index is 12.7. The van der Waals surface area contributed by atoms with Crippen LogP contribution in [-0.4, -0.2) is 41.6 Å². The van der Waals surface area contributed by atoms with Gasteiger partial charge in [-0.15, -0.1) is 0 Å². The largest absolute Gasteiger partial charge is 0.488 e. The number of aromatic nitrogens is 1. The normalized spacial score (nSPS) is 14.7. The van der Waals surface area contributed by atoms with Gasteiger partial charge < -0.3 is 14.4 Å². The van der Waals surface area contributed by atoms with E-state index in [0.29, 0.717) is 25.1 Å². The van der Waals surface area contributed by atoms with Crippen LogP contribution in [0.5, 0.6) is 11.5 Å². The Hall–Kier alpha value is -2.74. The minimum Gasteiger partial charge on any atom is -0.488 e. The Bertz CT molecular complexity index is 1080. The lowest BCUT2D eigenvalue weighted by Crippen LogP contribution is -2.41. The van der Waals surface area contributed by atoms with Gasteiger partial charge in [-0.2, -0.15) is 8.78 Å². The summed E-state index contributed by atoms with van der Waals surface area (Å²) in [6.07, 6.45) is 3.78. The lowest BCUT2D eigenvalue weighted by atomic mass is 10.0. The number of alkyl halides is 2. The quantitative estimate of drug-likeness (QED) is 0.420. The molecule has 2 heterocycles. The van der Waals surface area contributed by atoms with E-state index in [4.69, 9.17) is 4.74 Å². The number of ether oxygens (including phenoxy) is 2. The van der Waals surface area contributed by atoms with Gasteiger partial charge in [-0.3, -0.25) is 9.78 Å². The predicted octanol–water partition coefficient (Wildman–Crippen LogP) is 5.60. The first-order valence-electron chi connectivity index (χ1n) is 10.5. The van der Waals surface area contributed by atoms with Gasteiger partial charge >= 0.3 is 6.61 Å². The maximum Gasteiger partial charge on any atom is 0.387 e. The van der Waals surface area contributed by atoms with E-state index in [2.05, 4.69) is 25.7 Å². The Morgan fingerprint density at radius 3 is 2.69 bits per heavy atom. The second-order valence-electron chi connectivity index (χ2n) is 7.66. The van der Waals surface area contributed by atoms with Crippen LogP contribution in [-0.2, 0) is 11.2 Å². The molecule has 1 aliphatic heterocycles. The van der Waals surface area contributed by atoms with Gasteiger partial charge in [0.2, 0.25) is 5.91 Å². The third-order valence-electron chi connectivity index (χ3n) is 5.53. The molecular formula is C24H23BrF2N2O3. The number of hydrogen-bond acceptors (Lipinski definition) is 4. The molecule has 0 unspecified atom stereocenters. The molecule has 32 heavy (non-hydrogen) atoms. The van der Waals surface area contributed by atoms with Crippen molar-refractivity contribution in [1.29, 1.82) is 0 Å². The molecule has 0 bridgehead atoms. The highest BCUT2D eigenvalue weighted by molar-refractivity contribution is 9.10. The van der Waals surface area contributed by atoms with Crippen molar-refractivity contribution >= 4 is 32.7 Å². The van der Waals surface area contributed by atoms with Crippen molar-refractivity contribution in [3.8, 4) is 11.5 Å². The summed E-state index contributed by atoms with van der Waals surface area (Å²) < 4.78 is 36.8. The van der Waals surface area contributed by atoms with E-state index in [1.807, 2.05) is 35.2 Å². The lowest BCUT2D eigenvalue weighted by molar-refractivity contribution is -0.132. The van der Waals surface area contributed by atoms with Crippen molar-refractivity contribution < 1.29 is 23.0 Å². The molecule has 1 aromatic heterocycles. The first kappa shape index (κ1) is 22.5. The van der Waals surface area contributed by atoms with E-state index in [-0.39, 0.29) is 24.2 Å². The van der Waals surface area contributed by atoms with Crippen LogP contribution in [0.1, 0.15) is 24.8 Å². The number of para-hydroxylation sites is 1. The summed E-state index contributed by atoms with van der Waals surface area (Å²) in [6.45, 7) is -1.71. The number of aryl methyl sites for hydroxylation is 1. The Morgan fingerprint density at radius 2 is 1.91 bits per heavy atom. The van der Waals surface area contributed by atoms with Crippen molar-refractivity contribution in [3.05, 3.63) is 64.8 Å². The number of rotatable bonds is 7. The van der Waals surface area contributed by atoms with Crippen LogP contribution in [0.3, 0.4) is 0 Å². The molecule has 8 heteroatoms. The fourth-order valence-corrected chi connectivity index (χ4v) is 4.34. The van der Waals surface area contributed by atoms with Crippen LogP contribution in [0, 0.1) is 0 Å². The van der Waals surface area contributed by atoms with Crippen molar-refractivity contribution in [1.82, 2.24) is 9.88 Å². The van der Waals surface area contributed by atoms with Crippen LogP contribution in [0.15, 0.2) is 59.2 Å². The van der Waals surface area contributed by atoms with E-state index < -0.39 is 6.61 Å². The number of piperidine rings is 1. The molecule has 4 rings (SSSR count). The molecular weight excluding hydrogens is 482 g/mol. The molecule has 0 N–H and O–H groups in total. The average Bonchev–Trinajstić information content (AvgIpc) is 2.79. The zero-order chi connectivity index (χ0) is 22.5. The number of carbonyl (C=O) groups excluding carboxylic acids is 1. The molecule has 2 aromatic carbocycles. The average molecular weight is 505 g/mol. The Morgan fingerprint density at radius 1 is 1.12 bits per heavy atom. The van der Waals surface area contributed by atoms with Gasteiger partial charge in [0.25, 0.3) is 0 Å². The number of pyridine rings is 1. The molecule has 1 amide bonds. The highest BCUT2D eigenvalue weighted by atomic mass is 79.9. The highest BCUT2D eigenvalue weighted by Crippen LogP contribution is 2.28. The molecule has 1 aliphatic rings. The summed E-state index contributed by atoms with van der Waals surface area (Å²) in [5, 5.41) is 1.03. The summed E-state index contributed by atoms with van der Waals surface area (Å²) in [5.74, 6) is 0.860. The van der Waals surface area contributed by atoms with E-state index in [0.717, 1.165) is 34.0 Å². The molecule has 1 saturated heterocycles. The standard InChI is InChI=1S/C24H23BrF2N2O3/c25-18-7-8-20(32-24(26)27)17(15-18)6-9-22(30)29-13-10-19(11-14-29)31-21-5-1-3-16-4-2-12-28-23(16)21/h1-5,7-8,12,15,19,24H,6,9-11,13-14H2. The van der Waals surface area contributed by atoms with Gasteiger partial charge in [-0.25, -0.2) is 0 Å². The summed E-state index contributed by atoms with van der Waals surface area (Å²) in [7, 11) is 0. The molecule has 0 radical (unpaired) electrons. The first-order valence-corrected chi connectivity index (χ1v) is 11.3. The number of nitrogens with zero attached hydrogens (tertiary/aromatic N) is 2. The molecule has 0 spiro atoms. The van der Waals surface area contributed by atoms with Gasteiger partial charge in [0.05, 0.1) is 0 Å². The van der Waals surface area contributed by atoms with Crippen molar-refractivity contribution in [2.75, 3.05) is 13.1 Å². The van der Waals surface area contributed by atoms with Gasteiger partial charge in [0, 0.05) is 48.4 Å².